The quantitative estimate of drug-likeness (QED) is 0.476. The number of halogens is 1. The zero-order chi connectivity index (χ0) is 23.3. The minimum absolute atomic E-state index is 0.0152. The van der Waals surface area contributed by atoms with Crippen LogP contribution >= 0.6 is 11.6 Å². The number of ether oxygens (including phenoxy) is 2. The third-order valence-electron chi connectivity index (χ3n) is 4.26. The fourth-order valence-corrected chi connectivity index (χ4v) is 3.78. The van der Waals surface area contributed by atoms with Crippen molar-refractivity contribution in [2.75, 3.05) is 24.3 Å². The van der Waals surface area contributed by atoms with Gasteiger partial charge in [-0.25, -0.2) is 8.42 Å². The Labute approximate surface area is 189 Å². The van der Waals surface area contributed by atoms with Crippen molar-refractivity contribution in [2.24, 2.45) is 5.92 Å². The van der Waals surface area contributed by atoms with E-state index in [4.69, 9.17) is 21.1 Å². The number of aromatic nitrogens is 4. The molecule has 1 atom stereocenters. The van der Waals surface area contributed by atoms with Gasteiger partial charge in [-0.2, -0.15) is 15.1 Å². The van der Waals surface area contributed by atoms with E-state index < -0.39 is 15.9 Å². The number of rotatable bonds is 9. The lowest BCUT2D eigenvalue weighted by molar-refractivity contribution is -0.119. The van der Waals surface area contributed by atoms with Gasteiger partial charge in [-0.1, -0.05) is 18.5 Å². The molecule has 2 N–H and O–H groups in total. The van der Waals surface area contributed by atoms with Crippen LogP contribution in [0.5, 0.6) is 11.9 Å². The van der Waals surface area contributed by atoms with Crippen molar-refractivity contribution in [3.8, 4) is 11.9 Å². The summed E-state index contributed by atoms with van der Waals surface area (Å²) in [7, 11) is -1.21. The lowest BCUT2D eigenvalue weighted by Crippen LogP contribution is -2.24. The van der Waals surface area contributed by atoms with Gasteiger partial charge in [-0.3, -0.25) is 14.2 Å². The number of methoxy groups -OCH3 is 2. The lowest BCUT2D eigenvalue weighted by Gasteiger charge is -2.13. The van der Waals surface area contributed by atoms with Crippen molar-refractivity contribution in [3.05, 3.63) is 47.7 Å². The van der Waals surface area contributed by atoms with Gasteiger partial charge in [0, 0.05) is 18.0 Å². The summed E-state index contributed by atoms with van der Waals surface area (Å²) in [5.74, 6) is -0.512. The number of sulfonamides is 1. The maximum atomic E-state index is 12.7. The minimum Gasteiger partial charge on any atom is -0.481 e. The average molecular weight is 481 g/mol. The van der Waals surface area contributed by atoms with Gasteiger partial charge in [0.15, 0.2) is 5.82 Å². The normalized spacial score (nSPS) is 12.1. The second-order valence-electron chi connectivity index (χ2n) is 6.68. The summed E-state index contributed by atoms with van der Waals surface area (Å²) < 4.78 is 39.2. The Balaban J connectivity index is 1.67. The third-order valence-corrected chi connectivity index (χ3v) is 5.82. The first-order valence-corrected chi connectivity index (χ1v) is 11.1. The van der Waals surface area contributed by atoms with E-state index in [0.717, 1.165) is 0 Å². The maximum Gasteiger partial charge on any atom is 0.321 e. The van der Waals surface area contributed by atoms with Crippen LogP contribution in [-0.4, -0.2) is 48.3 Å². The van der Waals surface area contributed by atoms with Gasteiger partial charge in [0.25, 0.3) is 10.0 Å². The molecule has 0 saturated carbocycles. The molecule has 0 aliphatic carbocycles. The van der Waals surface area contributed by atoms with Crippen LogP contribution in [-0.2, 0) is 21.4 Å². The predicted octanol–water partition coefficient (Wildman–Crippen LogP) is 2.42. The number of nitrogens with zero attached hydrogens (tertiary/aromatic N) is 4. The monoisotopic (exact) mass is 480 g/mol. The van der Waals surface area contributed by atoms with Crippen LogP contribution in [0.15, 0.2) is 47.6 Å². The zero-order valence-corrected chi connectivity index (χ0v) is 19.0. The molecule has 0 aliphatic heterocycles. The van der Waals surface area contributed by atoms with Crippen LogP contribution in [0.4, 0.5) is 11.5 Å². The summed E-state index contributed by atoms with van der Waals surface area (Å²) in [5, 5.41) is 7.28. The topological polar surface area (TPSA) is 137 Å². The third kappa shape index (κ3) is 5.86. The van der Waals surface area contributed by atoms with Gasteiger partial charge in [0.05, 0.1) is 42.8 Å². The van der Waals surface area contributed by atoms with Crippen LogP contribution in [0.1, 0.15) is 6.92 Å². The Hall–Kier alpha value is -3.38. The van der Waals surface area contributed by atoms with Gasteiger partial charge >= 0.3 is 6.01 Å². The number of benzene rings is 1. The highest BCUT2D eigenvalue weighted by Crippen LogP contribution is 2.22. The second-order valence-corrected chi connectivity index (χ2v) is 8.80. The molecule has 0 saturated heterocycles. The van der Waals surface area contributed by atoms with Crippen LogP contribution in [0.3, 0.4) is 0 Å². The molecule has 170 valence electrons. The van der Waals surface area contributed by atoms with Gasteiger partial charge in [-0.05, 0) is 24.3 Å². The van der Waals surface area contributed by atoms with E-state index in [0.29, 0.717) is 17.3 Å². The van der Waals surface area contributed by atoms with Gasteiger partial charge in [-0.15, -0.1) is 0 Å². The Bertz CT molecular complexity index is 1180. The Morgan fingerprint density at radius 3 is 2.50 bits per heavy atom. The SMILES string of the molecule is COc1cc(NS(=O)(=O)c2ccc(NC(=O)C(C)Cn3cc(Cl)cn3)cc2)nc(OC)n1. The molecule has 32 heavy (non-hydrogen) atoms. The standard InChI is InChI=1S/C19H21ClN6O5S/c1-12(10-26-11-13(20)9-21-26)18(27)22-14-4-6-15(7-5-14)32(28,29)25-16-8-17(30-2)24-19(23-16)31-3/h4-9,11-12H,10H2,1-3H3,(H,22,27)(H,23,24,25). The number of anilines is 2. The van der Waals surface area contributed by atoms with E-state index in [2.05, 4.69) is 25.1 Å². The van der Waals surface area contributed by atoms with Crippen LogP contribution in [0, 0.1) is 5.92 Å². The Kier molecular flexibility index (Phi) is 7.15. The summed E-state index contributed by atoms with van der Waals surface area (Å²) in [5.41, 5.74) is 0.449. The Morgan fingerprint density at radius 1 is 1.19 bits per heavy atom. The summed E-state index contributed by atoms with van der Waals surface area (Å²) in [6.45, 7) is 2.10. The van der Waals surface area contributed by atoms with Crippen molar-refractivity contribution in [1.82, 2.24) is 19.7 Å². The molecule has 0 fully saturated rings. The number of carbonyl (C=O) groups is 1. The van der Waals surface area contributed by atoms with E-state index in [1.54, 1.807) is 17.8 Å². The molecule has 13 heteroatoms. The van der Waals surface area contributed by atoms with Crippen LogP contribution in [0.25, 0.3) is 0 Å². The molecule has 2 aromatic heterocycles. The number of amides is 1. The minimum atomic E-state index is -3.95. The molecular weight excluding hydrogens is 460 g/mol. The highest BCUT2D eigenvalue weighted by Gasteiger charge is 2.18. The van der Waals surface area contributed by atoms with E-state index in [1.165, 1.54) is 50.7 Å². The molecular formula is C19H21ClN6O5S. The van der Waals surface area contributed by atoms with E-state index in [-0.39, 0.29) is 28.5 Å². The molecule has 0 bridgehead atoms. The number of hydrogen-bond donors (Lipinski definition) is 2. The van der Waals surface area contributed by atoms with Crippen molar-refractivity contribution in [1.29, 1.82) is 0 Å². The lowest BCUT2D eigenvalue weighted by atomic mass is 10.1. The highest BCUT2D eigenvalue weighted by molar-refractivity contribution is 7.92. The van der Waals surface area contributed by atoms with E-state index in [9.17, 15) is 13.2 Å². The summed E-state index contributed by atoms with van der Waals surface area (Å²) in [6.07, 6.45) is 3.12. The smallest absolute Gasteiger partial charge is 0.321 e. The van der Waals surface area contributed by atoms with Gasteiger partial charge < -0.3 is 14.8 Å². The zero-order valence-electron chi connectivity index (χ0n) is 17.4. The number of carbonyl (C=O) groups excluding carboxylic acids is 1. The highest BCUT2D eigenvalue weighted by atomic mass is 35.5. The van der Waals surface area contributed by atoms with Crippen LogP contribution < -0.4 is 19.5 Å². The predicted molar refractivity (Wildman–Crippen MR) is 117 cm³/mol. The molecule has 0 aliphatic rings. The first-order valence-electron chi connectivity index (χ1n) is 9.29. The first kappa shape index (κ1) is 23.3. The molecule has 11 nitrogen and oxygen atoms in total. The summed E-state index contributed by atoms with van der Waals surface area (Å²) in [6, 6.07) is 6.99. The van der Waals surface area contributed by atoms with Gasteiger partial charge in [0.1, 0.15) is 0 Å². The summed E-state index contributed by atoms with van der Waals surface area (Å²) in [4.78, 5) is 20.2. The first-order chi connectivity index (χ1) is 15.2. The molecule has 3 rings (SSSR count). The fourth-order valence-electron chi connectivity index (χ4n) is 2.63. The van der Waals surface area contributed by atoms with Crippen molar-refractivity contribution >= 4 is 39.0 Å². The molecule has 1 unspecified atom stereocenters. The number of hydrogen-bond acceptors (Lipinski definition) is 8. The van der Waals surface area contributed by atoms with Crippen molar-refractivity contribution in [2.45, 2.75) is 18.4 Å². The molecule has 1 amide bonds. The molecule has 0 radical (unpaired) electrons. The molecule has 1 aromatic carbocycles. The molecule has 2 heterocycles. The second kappa shape index (κ2) is 9.83. The summed E-state index contributed by atoms with van der Waals surface area (Å²) >= 11 is 5.83. The molecule has 0 spiro atoms. The average Bonchev–Trinajstić information content (AvgIpc) is 3.17. The largest absolute Gasteiger partial charge is 0.481 e. The maximum absolute atomic E-state index is 12.7. The van der Waals surface area contributed by atoms with E-state index >= 15 is 0 Å². The fraction of sp³-hybridized carbons (Fsp3) is 0.263. The van der Waals surface area contributed by atoms with Gasteiger partial charge in [0.2, 0.25) is 11.8 Å². The van der Waals surface area contributed by atoms with Crippen LogP contribution in [0.2, 0.25) is 5.02 Å². The Morgan fingerprint density at radius 2 is 1.91 bits per heavy atom. The molecule has 3 aromatic rings. The van der Waals surface area contributed by atoms with Crippen molar-refractivity contribution in [3.63, 3.8) is 0 Å². The number of nitrogens with one attached hydrogen (secondary N) is 2. The van der Waals surface area contributed by atoms with Crippen molar-refractivity contribution < 1.29 is 22.7 Å². The van der Waals surface area contributed by atoms with E-state index in [1.807, 2.05) is 0 Å².